The molecule has 1 saturated carbocycles. The van der Waals surface area contributed by atoms with E-state index in [-0.39, 0.29) is 11.9 Å². The summed E-state index contributed by atoms with van der Waals surface area (Å²) in [6.45, 7) is 2.39. The van der Waals surface area contributed by atoms with E-state index in [2.05, 4.69) is 15.1 Å². The predicted octanol–water partition coefficient (Wildman–Crippen LogP) is 4.95. The minimum atomic E-state index is -4.39. The van der Waals surface area contributed by atoms with Crippen molar-refractivity contribution in [2.24, 2.45) is 5.92 Å². The Hall–Kier alpha value is -2.54. The van der Waals surface area contributed by atoms with Gasteiger partial charge >= 0.3 is 6.18 Å². The van der Waals surface area contributed by atoms with E-state index in [0.717, 1.165) is 25.3 Å². The molecule has 32 heavy (non-hydrogen) atoms. The highest BCUT2D eigenvalue weighted by molar-refractivity contribution is 5.94. The molecule has 3 aliphatic rings. The lowest BCUT2D eigenvalue weighted by Gasteiger charge is -2.50. The van der Waals surface area contributed by atoms with Gasteiger partial charge in [0, 0.05) is 37.1 Å². The van der Waals surface area contributed by atoms with Crippen LogP contribution in [0.1, 0.15) is 36.8 Å². The smallest absolute Gasteiger partial charge is 0.365 e. The molecule has 1 saturated heterocycles. The van der Waals surface area contributed by atoms with Crippen molar-refractivity contribution in [3.05, 3.63) is 59.7 Å². The number of fused-ring (bicyclic) bond motifs is 3. The molecule has 2 aromatic rings. The molecule has 2 heterocycles. The molecule has 5 rings (SSSR count). The summed E-state index contributed by atoms with van der Waals surface area (Å²) in [6.07, 6.45) is 0.803. The van der Waals surface area contributed by atoms with Crippen molar-refractivity contribution in [2.45, 2.75) is 50.4 Å². The summed E-state index contributed by atoms with van der Waals surface area (Å²) in [5, 5.41) is 3.00. The quantitative estimate of drug-likeness (QED) is 0.729. The summed E-state index contributed by atoms with van der Waals surface area (Å²) in [5.41, 5.74) is 1.51. The van der Waals surface area contributed by atoms with Crippen LogP contribution in [0.2, 0.25) is 0 Å². The second-order valence-corrected chi connectivity index (χ2v) is 9.20. The lowest BCUT2D eigenvalue weighted by atomic mass is 9.82. The van der Waals surface area contributed by atoms with Crippen LogP contribution in [0.3, 0.4) is 0 Å². The van der Waals surface area contributed by atoms with Crippen LogP contribution in [-0.2, 0) is 17.4 Å². The Kier molecular flexibility index (Phi) is 5.61. The predicted molar refractivity (Wildman–Crippen MR) is 119 cm³/mol. The SMILES string of the molecule is O=C(Nc1ccccc1)[C@H]1Cc2cc(C(F)(F)F)ccc2N2CCN(C3CCCC3)C[C@@H]12. The van der Waals surface area contributed by atoms with Crippen LogP contribution >= 0.6 is 0 Å². The van der Waals surface area contributed by atoms with Crippen molar-refractivity contribution in [2.75, 3.05) is 29.9 Å². The maximum Gasteiger partial charge on any atom is 0.416 e. The van der Waals surface area contributed by atoms with E-state index in [4.69, 9.17) is 0 Å². The van der Waals surface area contributed by atoms with Crippen molar-refractivity contribution in [3.8, 4) is 0 Å². The van der Waals surface area contributed by atoms with E-state index in [1.54, 1.807) is 6.07 Å². The molecule has 0 spiro atoms. The molecular formula is C25H28F3N3O. The highest BCUT2D eigenvalue weighted by Gasteiger charge is 2.44. The van der Waals surface area contributed by atoms with Crippen molar-refractivity contribution in [1.82, 2.24) is 4.90 Å². The van der Waals surface area contributed by atoms with Crippen LogP contribution in [0.5, 0.6) is 0 Å². The van der Waals surface area contributed by atoms with Gasteiger partial charge in [-0.05, 0) is 55.2 Å². The van der Waals surface area contributed by atoms with Crippen LogP contribution in [0.4, 0.5) is 24.5 Å². The van der Waals surface area contributed by atoms with Crippen LogP contribution in [-0.4, -0.2) is 42.5 Å². The van der Waals surface area contributed by atoms with Gasteiger partial charge in [0.15, 0.2) is 0 Å². The molecule has 2 aromatic carbocycles. The van der Waals surface area contributed by atoms with Crippen molar-refractivity contribution < 1.29 is 18.0 Å². The number of benzene rings is 2. The molecule has 2 atom stereocenters. The monoisotopic (exact) mass is 443 g/mol. The molecule has 0 aromatic heterocycles. The molecule has 0 radical (unpaired) electrons. The molecule has 0 bridgehead atoms. The highest BCUT2D eigenvalue weighted by Crippen LogP contribution is 2.40. The van der Waals surface area contributed by atoms with E-state index in [1.165, 1.54) is 37.8 Å². The number of piperazine rings is 1. The minimum absolute atomic E-state index is 0.0442. The van der Waals surface area contributed by atoms with E-state index in [0.29, 0.717) is 23.7 Å². The number of carbonyl (C=O) groups excluding carboxylic acids is 1. The zero-order valence-electron chi connectivity index (χ0n) is 17.9. The molecule has 170 valence electrons. The first kappa shape index (κ1) is 21.3. The van der Waals surface area contributed by atoms with Gasteiger partial charge < -0.3 is 10.2 Å². The average molecular weight is 444 g/mol. The van der Waals surface area contributed by atoms with E-state index < -0.39 is 17.7 Å². The summed E-state index contributed by atoms with van der Waals surface area (Å²) in [6, 6.07) is 13.8. The van der Waals surface area contributed by atoms with Crippen LogP contribution in [0.15, 0.2) is 48.5 Å². The van der Waals surface area contributed by atoms with Gasteiger partial charge in [-0.15, -0.1) is 0 Å². The lowest BCUT2D eigenvalue weighted by molar-refractivity contribution is -0.137. The summed E-state index contributed by atoms with van der Waals surface area (Å²) in [7, 11) is 0. The Labute approximate surface area is 186 Å². The third-order valence-corrected chi connectivity index (χ3v) is 7.29. The summed E-state index contributed by atoms with van der Waals surface area (Å²) >= 11 is 0. The standard InChI is InChI=1S/C25H28F3N3O/c26-25(27,28)18-10-11-22-17(14-18)15-21(24(32)29-19-6-2-1-3-7-19)23-16-30(12-13-31(22)23)20-8-4-5-9-20/h1-3,6-7,10-11,14,20-21,23H,4-5,8-9,12-13,15-16H2,(H,29,32)/t21-,23-/m0/s1. The zero-order valence-corrected chi connectivity index (χ0v) is 17.9. The fraction of sp³-hybridized carbons (Fsp3) is 0.480. The van der Waals surface area contributed by atoms with Crippen molar-refractivity contribution in [1.29, 1.82) is 0 Å². The first-order chi connectivity index (χ1) is 15.4. The van der Waals surface area contributed by atoms with Gasteiger partial charge in [0.25, 0.3) is 0 Å². The summed E-state index contributed by atoms with van der Waals surface area (Å²) in [4.78, 5) is 18.0. The number of para-hydroxylation sites is 1. The van der Waals surface area contributed by atoms with Gasteiger partial charge in [-0.25, -0.2) is 0 Å². The molecule has 0 unspecified atom stereocenters. The van der Waals surface area contributed by atoms with Crippen molar-refractivity contribution in [3.63, 3.8) is 0 Å². The number of nitrogens with zero attached hydrogens (tertiary/aromatic N) is 2. The van der Waals surface area contributed by atoms with Crippen LogP contribution in [0, 0.1) is 5.92 Å². The van der Waals surface area contributed by atoms with Gasteiger partial charge in [0.2, 0.25) is 5.91 Å². The van der Waals surface area contributed by atoms with Gasteiger partial charge in [-0.2, -0.15) is 13.2 Å². The third-order valence-electron chi connectivity index (χ3n) is 7.29. The second kappa shape index (κ2) is 8.43. The maximum absolute atomic E-state index is 13.4. The maximum atomic E-state index is 13.4. The number of rotatable bonds is 3. The van der Waals surface area contributed by atoms with E-state index in [1.807, 2.05) is 30.3 Å². The average Bonchev–Trinajstić information content (AvgIpc) is 3.33. The number of alkyl halides is 3. The molecule has 1 amide bonds. The van der Waals surface area contributed by atoms with Gasteiger partial charge in [-0.1, -0.05) is 31.0 Å². The minimum Gasteiger partial charge on any atom is -0.365 e. The summed E-state index contributed by atoms with van der Waals surface area (Å²) in [5.74, 6) is -0.530. The number of amides is 1. The molecule has 2 fully saturated rings. The van der Waals surface area contributed by atoms with Gasteiger partial charge in [-0.3, -0.25) is 9.69 Å². The fourth-order valence-corrected chi connectivity index (χ4v) is 5.68. The number of nitrogens with one attached hydrogen (secondary N) is 1. The molecule has 1 aliphatic carbocycles. The molecule has 1 N–H and O–H groups in total. The van der Waals surface area contributed by atoms with Crippen molar-refractivity contribution >= 4 is 17.3 Å². The third kappa shape index (κ3) is 4.10. The normalized spacial score (nSPS) is 24.2. The highest BCUT2D eigenvalue weighted by atomic mass is 19.4. The van der Waals surface area contributed by atoms with Gasteiger partial charge in [0.05, 0.1) is 17.5 Å². The Morgan fingerprint density at radius 1 is 1.00 bits per heavy atom. The Morgan fingerprint density at radius 3 is 2.47 bits per heavy atom. The zero-order chi connectivity index (χ0) is 22.3. The molecule has 7 heteroatoms. The second-order valence-electron chi connectivity index (χ2n) is 9.20. The number of hydrogen-bond donors (Lipinski definition) is 1. The van der Waals surface area contributed by atoms with E-state index >= 15 is 0 Å². The molecule has 4 nitrogen and oxygen atoms in total. The van der Waals surface area contributed by atoms with Gasteiger partial charge in [0.1, 0.15) is 0 Å². The number of carbonyl (C=O) groups is 1. The topological polar surface area (TPSA) is 35.6 Å². The number of halogens is 3. The number of anilines is 2. The Balaban J connectivity index is 1.46. The Morgan fingerprint density at radius 2 is 1.75 bits per heavy atom. The lowest BCUT2D eigenvalue weighted by Crippen LogP contribution is -2.61. The first-order valence-electron chi connectivity index (χ1n) is 11.5. The largest absolute Gasteiger partial charge is 0.416 e. The molecular weight excluding hydrogens is 415 g/mol. The fourth-order valence-electron chi connectivity index (χ4n) is 5.68. The molecule has 2 aliphatic heterocycles. The summed E-state index contributed by atoms with van der Waals surface area (Å²) < 4.78 is 40.1. The number of hydrogen-bond acceptors (Lipinski definition) is 3. The Bertz CT molecular complexity index is 972. The first-order valence-corrected chi connectivity index (χ1v) is 11.5. The van der Waals surface area contributed by atoms with Crippen LogP contribution in [0.25, 0.3) is 0 Å². The van der Waals surface area contributed by atoms with Crippen LogP contribution < -0.4 is 10.2 Å². The van der Waals surface area contributed by atoms with E-state index in [9.17, 15) is 18.0 Å².